The zero-order chi connectivity index (χ0) is 12.7. The number of carbonyl (C=O) groups excluding carboxylic acids is 1. The Kier molecular flexibility index (Phi) is 6.79. The first kappa shape index (κ1) is 14.7. The minimum atomic E-state index is 0.309. The van der Waals surface area contributed by atoms with E-state index in [0.717, 1.165) is 32.5 Å². The summed E-state index contributed by atoms with van der Waals surface area (Å²) in [5.74, 6) is 1.96. The molecule has 1 rings (SSSR count). The summed E-state index contributed by atoms with van der Waals surface area (Å²) < 4.78 is 5.45. The van der Waals surface area contributed by atoms with Crippen LogP contribution >= 0.6 is 0 Å². The lowest BCUT2D eigenvalue weighted by atomic mass is 9.69. The number of carbonyl (C=O) groups is 1. The average molecular weight is 240 g/mol. The highest BCUT2D eigenvalue weighted by Gasteiger charge is 2.34. The number of hydrogen-bond acceptors (Lipinski definition) is 2. The maximum atomic E-state index is 12.2. The van der Waals surface area contributed by atoms with Gasteiger partial charge in [0.2, 0.25) is 0 Å². The molecule has 17 heavy (non-hydrogen) atoms. The van der Waals surface area contributed by atoms with Gasteiger partial charge in [0.05, 0.1) is 0 Å². The number of Topliss-reactive ketones (excluding diaryl/α,β-unsaturated/α-hetero) is 1. The summed E-state index contributed by atoms with van der Waals surface area (Å²) in [4.78, 5) is 12.2. The fourth-order valence-corrected chi connectivity index (χ4v) is 3.22. The SMILES string of the molecule is CCCC(=O)C1C(C)CCCC1CCOCC. The maximum absolute atomic E-state index is 12.2. The van der Waals surface area contributed by atoms with Gasteiger partial charge in [-0.05, 0) is 38.0 Å². The van der Waals surface area contributed by atoms with Crippen molar-refractivity contribution < 1.29 is 9.53 Å². The smallest absolute Gasteiger partial charge is 0.136 e. The minimum absolute atomic E-state index is 0.309. The van der Waals surface area contributed by atoms with E-state index in [1.807, 2.05) is 6.92 Å². The van der Waals surface area contributed by atoms with Crippen LogP contribution in [-0.4, -0.2) is 19.0 Å². The van der Waals surface area contributed by atoms with Gasteiger partial charge in [0, 0.05) is 25.6 Å². The van der Waals surface area contributed by atoms with Crippen molar-refractivity contribution in [1.82, 2.24) is 0 Å². The summed E-state index contributed by atoms with van der Waals surface area (Å²) in [7, 11) is 0. The fraction of sp³-hybridized carbons (Fsp3) is 0.933. The molecule has 0 amide bonds. The quantitative estimate of drug-likeness (QED) is 0.632. The normalized spacial score (nSPS) is 29.2. The molecule has 0 radical (unpaired) electrons. The van der Waals surface area contributed by atoms with Crippen molar-refractivity contribution >= 4 is 5.78 Å². The molecule has 0 aromatic carbocycles. The van der Waals surface area contributed by atoms with Gasteiger partial charge in [0.25, 0.3) is 0 Å². The lowest BCUT2D eigenvalue weighted by Crippen LogP contribution is -2.34. The van der Waals surface area contributed by atoms with E-state index in [0.29, 0.717) is 23.5 Å². The van der Waals surface area contributed by atoms with E-state index >= 15 is 0 Å². The van der Waals surface area contributed by atoms with Crippen LogP contribution in [-0.2, 0) is 9.53 Å². The molecule has 1 saturated carbocycles. The van der Waals surface area contributed by atoms with E-state index in [-0.39, 0.29) is 0 Å². The second-order valence-corrected chi connectivity index (χ2v) is 5.40. The molecule has 0 N–H and O–H groups in total. The molecule has 2 heteroatoms. The zero-order valence-corrected chi connectivity index (χ0v) is 11.7. The number of ether oxygens (including phenoxy) is 1. The summed E-state index contributed by atoms with van der Waals surface area (Å²) >= 11 is 0. The summed E-state index contributed by atoms with van der Waals surface area (Å²) in [6, 6.07) is 0. The van der Waals surface area contributed by atoms with Gasteiger partial charge in [-0.25, -0.2) is 0 Å². The first-order valence-corrected chi connectivity index (χ1v) is 7.31. The summed E-state index contributed by atoms with van der Waals surface area (Å²) in [6.45, 7) is 7.99. The van der Waals surface area contributed by atoms with E-state index in [1.165, 1.54) is 19.3 Å². The Balaban J connectivity index is 2.53. The molecule has 0 aromatic heterocycles. The monoisotopic (exact) mass is 240 g/mol. The highest BCUT2D eigenvalue weighted by atomic mass is 16.5. The number of ketones is 1. The van der Waals surface area contributed by atoms with E-state index in [1.54, 1.807) is 0 Å². The van der Waals surface area contributed by atoms with E-state index < -0.39 is 0 Å². The van der Waals surface area contributed by atoms with Crippen molar-refractivity contribution in [2.24, 2.45) is 17.8 Å². The summed E-state index contributed by atoms with van der Waals surface area (Å²) in [6.07, 6.45) is 6.55. The predicted octanol–water partition coefficient (Wildman–Crippen LogP) is 3.83. The molecule has 3 unspecified atom stereocenters. The molecular formula is C15H28O2. The Morgan fingerprint density at radius 3 is 2.71 bits per heavy atom. The van der Waals surface area contributed by atoms with Gasteiger partial charge in [-0.15, -0.1) is 0 Å². The topological polar surface area (TPSA) is 26.3 Å². The molecule has 0 aliphatic heterocycles. The molecule has 0 spiro atoms. The van der Waals surface area contributed by atoms with Crippen molar-refractivity contribution in [2.75, 3.05) is 13.2 Å². The third-order valence-corrected chi connectivity index (χ3v) is 4.06. The van der Waals surface area contributed by atoms with Gasteiger partial charge in [-0.1, -0.05) is 26.7 Å². The van der Waals surface area contributed by atoms with E-state index in [4.69, 9.17) is 4.74 Å². The molecule has 100 valence electrons. The largest absolute Gasteiger partial charge is 0.382 e. The van der Waals surface area contributed by atoms with Crippen LogP contribution in [0.3, 0.4) is 0 Å². The van der Waals surface area contributed by atoms with Gasteiger partial charge in [-0.3, -0.25) is 4.79 Å². The molecule has 1 fully saturated rings. The molecule has 0 saturated heterocycles. The zero-order valence-electron chi connectivity index (χ0n) is 11.7. The van der Waals surface area contributed by atoms with Crippen LogP contribution in [0, 0.1) is 17.8 Å². The van der Waals surface area contributed by atoms with Crippen LogP contribution in [0.5, 0.6) is 0 Å². The predicted molar refractivity (Wildman–Crippen MR) is 71.0 cm³/mol. The van der Waals surface area contributed by atoms with Crippen LogP contribution in [0.25, 0.3) is 0 Å². The number of rotatable bonds is 7. The van der Waals surface area contributed by atoms with Crippen LogP contribution in [0.15, 0.2) is 0 Å². The molecule has 1 aliphatic carbocycles. The molecule has 1 aliphatic rings. The van der Waals surface area contributed by atoms with Crippen molar-refractivity contribution in [3.8, 4) is 0 Å². The molecular weight excluding hydrogens is 212 g/mol. The van der Waals surface area contributed by atoms with Gasteiger partial charge in [0.15, 0.2) is 0 Å². The molecule has 3 atom stereocenters. The van der Waals surface area contributed by atoms with Crippen LogP contribution < -0.4 is 0 Å². The maximum Gasteiger partial charge on any atom is 0.136 e. The van der Waals surface area contributed by atoms with E-state index in [2.05, 4.69) is 13.8 Å². The first-order chi connectivity index (χ1) is 8.20. The van der Waals surface area contributed by atoms with Gasteiger partial charge in [-0.2, -0.15) is 0 Å². The molecule has 2 nitrogen and oxygen atoms in total. The standard InChI is InChI=1S/C15H28O2/c1-4-7-14(16)15-12(3)8-6-9-13(15)10-11-17-5-2/h12-13,15H,4-11H2,1-3H3. The fourth-order valence-electron chi connectivity index (χ4n) is 3.22. The Bertz CT molecular complexity index is 225. The highest BCUT2D eigenvalue weighted by Crippen LogP contribution is 2.38. The second kappa shape index (κ2) is 7.86. The molecule has 0 aromatic rings. The number of hydrogen-bond donors (Lipinski definition) is 0. The molecule has 0 heterocycles. The van der Waals surface area contributed by atoms with Crippen molar-refractivity contribution in [3.63, 3.8) is 0 Å². The van der Waals surface area contributed by atoms with Crippen LogP contribution in [0.2, 0.25) is 0 Å². The minimum Gasteiger partial charge on any atom is -0.382 e. The Morgan fingerprint density at radius 1 is 1.29 bits per heavy atom. The van der Waals surface area contributed by atoms with Crippen molar-refractivity contribution in [2.45, 2.75) is 59.3 Å². The van der Waals surface area contributed by atoms with Crippen molar-refractivity contribution in [3.05, 3.63) is 0 Å². The Hall–Kier alpha value is -0.370. The average Bonchev–Trinajstić information content (AvgIpc) is 2.29. The van der Waals surface area contributed by atoms with Gasteiger partial charge in [0.1, 0.15) is 5.78 Å². The summed E-state index contributed by atoms with van der Waals surface area (Å²) in [5.41, 5.74) is 0. The van der Waals surface area contributed by atoms with Gasteiger partial charge >= 0.3 is 0 Å². The molecule has 0 bridgehead atoms. The first-order valence-electron chi connectivity index (χ1n) is 7.31. The third kappa shape index (κ3) is 4.42. The van der Waals surface area contributed by atoms with Gasteiger partial charge < -0.3 is 4.74 Å². The van der Waals surface area contributed by atoms with Crippen molar-refractivity contribution in [1.29, 1.82) is 0 Å². The van der Waals surface area contributed by atoms with E-state index in [9.17, 15) is 4.79 Å². The second-order valence-electron chi connectivity index (χ2n) is 5.40. The highest BCUT2D eigenvalue weighted by molar-refractivity contribution is 5.81. The van der Waals surface area contributed by atoms with Crippen LogP contribution in [0.1, 0.15) is 59.3 Å². The van der Waals surface area contributed by atoms with Crippen LogP contribution in [0.4, 0.5) is 0 Å². The lowest BCUT2D eigenvalue weighted by molar-refractivity contribution is -0.128. The Labute approximate surface area is 106 Å². The lowest BCUT2D eigenvalue weighted by Gasteiger charge is -2.35. The third-order valence-electron chi connectivity index (χ3n) is 4.06. The summed E-state index contributed by atoms with van der Waals surface area (Å²) in [5, 5.41) is 0. The Morgan fingerprint density at radius 2 is 2.06 bits per heavy atom.